The Labute approximate surface area is 166 Å². The molecule has 0 unspecified atom stereocenters. The summed E-state index contributed by atoms with van der Waals surface area (Å²) < 4.78 is 39.3. The fourth-order valence-corrected chi connectivity index (χ4v) is 4.64. The van der Waals surface area contributed by atoms with Gasteiger partial charge in [-0.15, -0.1) is 11.3 Å². The fraction of sp³-hybridized carbons (Fsp3) is 0.353. The average Bonchev–Trinajstić information content (AvgIpc) is 2.95. The molecule has 0 aromatic carbocycles. The molecule has 0 spiro atoms. The molecule has 0 saturated carbocycles. The van der Waals surface area contributed by atoms with Crippen LogP contribution in [0.3, 0.4) is 0 Å². The van der Waals surface area contributed by atoms with Gasteiger partial charge in [-0.2, -0.15) is 13.2 Å². The highest BCUT2D eigenvalue weighted by atomic mass is 35.5. The zero-order valence-corrected chi connectivity index (χ0v) is 15.9. The predicted octanol–water partition coefficient (Wildman–Crippen LogP) is 3.20. The highest BCUT2D eigenvalue weighted by molar-refractivity contribution is 7.17. The Morgan fingerprint density at radius 1 is 1.29 bits per heavy atom. The second-order valence-corrected chi connectivity index (χ2v) is 7.85. The van der Waals surface area contributed by atoms with Crippen molar-refractivity contribution in [2.24, 2.45) is 5.73 Å². The number of alkyl halides is 3. The number of carbonyl (C=O) groups excluding carboxylic acids is 2. The lowest BCUT2D eigenvalue weighted by atomic mass is 9.95. The molecule has 3 rings (SSSR count). The van der Waals surface area contributed by atoms with Gasteiger partial charge in [0, 0.05) is 11.1 Å². The van der Waals surface area contributed by atoms with Crippen LogP contribution >= 0.6 is 22.9 Å². The van der Waals surface area contributed by atoms with Crippen LogP contribution in [0.2, 0.25) is 5.02 Å². The lowest BCUT2D eigenvalue weighted by Gasteiger charge is -2.12. The summed E-state index contributed by atoms with van der Waals surface area (Å²) in [5.41, 5.74) is 4.40. The summed E-state index contributed by atoms with van der Waals surface area (Å²) in [6.07, 6.45) is -0.905. The summed E-state index contributed by atoms with van der Waals surface area (Å²) in [6.45, 7) is -0.691. The van der Waals surface area contributed by atoms with E-state index in [9.17, 15) is 27.6 Å². The number of aromatic nitrogens is 1. The Morgan fingerprint density at radius 3 is 2.61 bits per heavy atom. The quantitative estimate of drug-likeness (QED) is 0.775. The number of nitrogens with two attached hydrogens (primary N) is 1. The van der Waals surface area contributed by atoms with Gasteiger partial charge in [0.1, 0.15) is 16.6 Å². The second-order valence-electron chi connectivity index (χ2n) is 6.33. The number of hydrogen-bond acceptors (Lipinski definition) is 4. The third kappa shape index (κ3) is 4.07. The average molecular weight is 434 g/mol. The van der Waals surface area contributed by atoms with E-state index in [1.54, 1.807) is 0 Å². The number of nitrogens with one attached hydrogen (secondary N) is 1. The van der Waals surface area contributed by atoms with Crippen LogP contribution in [-0.4, -0.2) is 16.4 Å². The molecule has 0 atom stereocenters. The molecule has 1 aliphatic carbocycles. The van der Waals surface area contributed by atoms with Crippen LogP contribution < -0.4 is 16.6 Å². The van der Waals surface area contributed by atoms with Crippen molar-refractivity contribution in [1.29, 1.82) is 0 Å². The number of carbonyl (C=O) groups is 2. The van der Waals surface area contributed by atoms with E-state index < -0.39 is 40.7 Å². The standard InChI is InChI=1S/C17H15ClF3N3O3S/c18-10-5-8(17(19,20)21)6-24(16(10)27)7-12(25)23-15-13(14(22)26)9-3-1-2-4-11(9)28-15/h5-6H,1-4,7H2,(H2,22,26)(H,23,25). The van der Waals surface area contributed by atoms with Crippen molar-refractivity contribution in [3.63, 3.8) is 0 Å². The van der Waals surface area contributed by atoms with E-state index in [0.29, 0.717) is 23.3 Å². The highest BCUT2D eigenvalue weighted by Crippen LogP contribution is 2.38. The minimum absolute atomic E-state index is 0.225. The van der Waals surface area contributed by atoms with Crippen LogP contribution in [0.15, 0.2) is 17.1 Å². The molecule has 2 aromatic rings. The first-order chi connectivity index (χ1) is 13.1. The van der Waals surface area contributed by atoms with Crippen LogP contribution in [0.4, 0.5) is 18.2 Å². The van der Waals surface area contributed by atoms with Crippen LogP contribution in [-0.2, 0) is 30.4 Å². The molecule has 150 valence electrons. The first-order valence-corrected chi connectivity index (χ1v) is 9.48. The van der Waals surface area contributed by atoms with Crippen LogP contribution in [0.5, 0.6) is 0 Å². The Bertz CT molecular complexity index is 1010. The maximum atomic E-state index is 12.9. The number of primary amides is 1. The third-order valence-corrected chi connectivity index (χ3v) is 5.83. The number of pyridine rings is 1. The van der Waals surface area contributed by atoms with Gasteiger partial charge in [-0.3, -0.25) is 14.4 Å². The lowest BCUT2D eigenvalue weighted by Crippen LogP contribution is -2.29. The molecular weight excluding hydrogens is 419 g/mol. The van der Waals surface area contributed by atoms with Crippen molar-refractivity contribution in [2.45, 2.75) is 38.4 Å². The van der Waals surface area contributed by atoms with Gasteiger partial charge in [-0.1, -0.05) is 11.6 Å². The van der Waals surface area contributed by atoms with Gasteiger partial charge >= 0.3 is 6.18 Å². The molecule has 0 aliphatic heterocycles. The maximum Gasteiger partial charge on any atom is 0.417 e. The predicted molar refractivity (Wildman–Crippen MR) is 98.8 cm³/mol. The molecule has 6 nitrogen and oxygen atoms in total. The monoisotopic (exact) mass is 433 g/mol. The van der Waals surface area contributed by atoms with E-state index in [2.05, 4.69) is 5.32 Å². The first kappa shape index (κ1) is 20.4. The molecule has 2 amide bonds. The van der Waals surface area contributed by atoms with Crippen molar-refractivity contribution in [3.05, 3.63) is 49.2 Å². The van der Waals surface area contributed by atoms with Gasteiger partial charge in [-0.05, 0) is 37.3 Å². The van der Waals surface area contributed by atoms with Gasteiger partial charge in [0.05, 0.1) is 11.1 Å². The Kier molecular flexibility index (Phi) is 5.53. The molecule has 2 aromatic heterocycles. The number of halogens is 4. The van der Waals surface area contributed by atoms with Crippen LogP contribution in [0, 0.1) is 0 Å². The Hall–Kier alpha value is -2.33. The summed E-state index contributed by atoms with van der Waals surface area (Å²) in [4.78, 5) is 37.1. The van der Waals surface area contributed by atoms with Crippen molar-refractivity contribution < 1.29 is 22.8 Å². The molecule has 0 saturated heterocycles. The van der Waals surface area contributed by atoms with Crippen molar-refractivity contribution in [3.8, 4) is 0 Å². The van der Waals surface area contributed by atoms with E-state index in [1.165, 1.54) is 11.3 Å². The summed E-state index contributed by atoms with van der Waals surface area (Å²) in [5, 5.41) is 2.10. The fourth-order valence-electron chi connectivity index (χ4n) is 3.11. The van der Waals surface area contributed by atoms with E-state index in [1.807, 2.05) is 0 Å². The number of rotatable bonds is 4. The lowest BCUT2D eigenvalue weighted by molar-refractivity contribution is -0.138. The number of hydrogen-bond donors (Lipinski definition) is 2. The van der Waals surface area contributed by atoms with Gasteiger partial charge < -0.3 is 15.6 Å². The number of anilines is 1. The Morgan fingerprint density at radius 2 is 1.96 bits per heavy atom. The number of aryl methyl sites for hydroxylation is 1. The molecular formula is C17H15ClF3N3O3S. The summed E-state index contributed by atoms with van der Waals surface area (Å²) >= 11 is 6.80. The molecule has 0 fully saturated rings. The summed E-state index contributed by atoms with van der Waals surface area (Å²) in [5.74, 6) is -1.45. The number of fused-ring (bicyclic) bond motifs is 1. The molecule has 3 N–H and O–H groups in total. The smallest absolute Gasteiger partial charge is 0.365 e. The molecule has 1 aliphatic rings. The molecule has 2 heterocycles. The Balaban J connectivity index is 1.88. The summed E-state index contributed by atoms with van der Waals surface area (Å²) in [6, 6.07) is 0.511. The van der Waals surface area contributed by atoms with Gasteiger partial charge in [0.25, 0.3) is 11.5 Å². The van der Waals surface area contributed by atoms with E-state index in [0.717, 1.165) is 29.7 Å². The zero-order valence-electron chi connectivity index (χ0n) is 14.4. The van der Waals surface area contributed by atoms with E-state index in [-0.39, 0.29) is 10.6 Å². The third-order valence-electron chi connectivity index (χ3n) is 4.35. The highest BCUT2D eigenvalue weighted by Gasteiger charge is 2.32. The van der Waals surface area contributed by atoms with Crippen molar-refractivity contribution in [1.82, 2.24) is 4.57 Å². The molecule has 11 heteroatoms. The van der Waals surface area contributed by atoms with Gasteiger partial charge in [0.2, 0.25) is 5.91 Å². The van der Waals surface area contributed by atoms with Crippen molar-refractivity contribution in [2.75, 3.05) is 5.32 Å². The minimum Gasteiger partial charge on any atom is -0.365 e. The SMILES string of the molecule is NC(=O)c1c(NC(=O)Cn2cc(C(F)(F)F)cc(Cl)c2=O)sc2c1CCCC2. The number of thiophene rings is 1. The number of amides is 2. The largest absolute Gasteiger partial charge is 0.417 e. The summed E-state index contributed by atoms with van der Waals surface area (Å²) in [7, 11) is 0. The normalized spacial score (nSPS) is 13.9. The van der Waals surface area contributed by atoms with Gasteiger partial charge in [0.15, 0.2) is 0 Å². The molecule has 0 radical (unpaired) electrons. The maximum absolute atomic E-state index is 12.9. The van der Waals surface area contributed by atoms with Crippen LogP contribution in [0.25, 0.3) is 0 Å². The zero-order chi connectivity index (χ0) is 20.6. The topological polar surface area (TPSA) is 94.2 Å². The molecule has 28 heavy (non-hydrogen) atoms. The minimum atomic E-state index is -4.72. The number of nitrogens with zero attached hydrogens (tertiary/aromatic N) is 1. The van der Waals surface area contributed by atoms with Crippen LogP contribution in [0.1, 0.15) is 39.2 Å². The van der Waals surface area contributed by atoms with Gasteiger partial charge in [-0.25, -0.2) is 0 Å². The first-order valence-electron chi connectivity index (χ1n) is 8.29. The van der Waals surface area contributed by atoms with Crippen molar-refractivity contribution >= 4 is 39.8 Å². The van der Waals surface area contributed by atoms with E-state index >= 15 is 0 Å². The van der Waals surface area contributed by atoms with E-state index in [4.69, 9.17) is 17.3 Å². The second kappa shape index (κ2) is 7.59. The molecule has 0 bridgehead atoms.